The monoisotopic (exact) mass is 254 g/mol. The number of nitrogens with one attached hydrogen (secondary N) is 2. The van der Waals surface area contributed by atoms with Crippen molar-refractivity contribution in [3.05, 3.63) is 0 Å². The van der Waals surface area contributed by atoms with Gasteiger partial charge in [0.05, 0.1) is 0 Å². The van der Waals surface area contributed by atoms with Gasteiger partial charge in [-0.1, -0.05) is 6.92 Å². The van der Waals surface area contributed by atoms with E-state index in [1.54, 1.807) is 6.92 Å². The molecule has 0 radical (unpaired) electrons. The lowest BCUT2D eigenvalue weighted by atomic mass is 10.4. The molecule has 0 saturated carbocycles. The number of carbonyl (C=O) groups excluding carboxylic acids is 2. The molecule has 0 saturated heterocycles. The van der Waals surface area contributed by atoms with Gasteiger partial charge in [-0.3, -0.25) is 14.3 Å². The van der Waals surface area contributed by atoms with Crippen molar-refractivity contribution in [2.24, 2.45) is 0 Å². The zero-order valence-electron chi connectivity index (χ0n) is 8.71. The van der Waals surface area contributed by atoms with Crippen LogP contribution in [-0.4, -0.2) is 39.6 Å². The third kappa shape index (κ3) is 7.33. The van der Waals surface area contributed by atoms with Crippen LogP contribution in [0, 0.1) is 0 Å². The van der Waals surface area contributed by atoms with Crippen molar-refractivity contribution in [2.45, 2.75) is 19.2 Å². The summed E-state index contributed by atoms with van der Waals surface area (Å²) in [5, 5.41) is 3.71. The molecule has 5 nitrogen and oxygen atoms in total. The second kappa shape index (κ2) is 7.64. The summed E-state index contributed by atoms with van der Waals surface area (Å²) in [4.78, 5) is 22.0. The molecule has 0 aliphatic heterocycles. The third-order valence-corrected chi connectivity index (χ3v) is 3.04. The summed E-state index contributed by atoms with van der Waals surface area (Å²) in [5.41, 5.74) is 0. The highest BCUT2D eigenvalue weighted by molar-refractivity contribution is 7.84. The largest absolute Gasteiger partial charge is 0.337 e. The number of rotatable bonds is 5. The number of hydrogen-bond acceptors (Lipinski definition) is 3. The lowest BCUT2D eigenvalue weighted by molar-refractivity contribution is -0.119. The molecule has 2 atom stereocenters. The SMILES string of the molecule is CCS(=O)CCNC(=O)NC(=O)C(C)Cl. The maximum Gasteiger partial charge on any atom is 0.321 e. The van der Waals surface area contributed by atoms with E-state index in [9.17, 15) is 13.8 Å². The highest BCUT2D eigenvalue weighted by Crippen LogP contribution is 1.91. The number of imide groups is 1. The van der Waals surface area contributed by atoms with E-state index in [0.29, 0.717) is 11.5 Å². The van der Waals surface area contributed by atoms with Crippen molar-refractivity contribution in [3.63, 3.8) is 0 Å². The average Bonchev–Trinajstić information content (AvgIpc) is 2.17. The Balaban J connectivity index is 3.67. The number of hydrogen-bond donors (Lipinski definition) is 2. The Morgan fingerprint density at radius 2 is 2.07 bits per heavy atom. The molecule has 0 heterocycles. The van der Waals surface area contributed by atoms with Gasteiger partial charge in [-0.2, -0.15) is 0 Å². The molecular formula is C8H15ClN2O3S. The highest BCUT2D eigenvalue weighted by Gasteiger charge is 2.12. The number of halogens is 1. The molecule has 0 aromatic heterocycles. The number of alkyl halides is 1. The van der Waals surface area contributed by atoms with E-state index < -0.39 is 28.1 Å². The van der Waals surface area contributed by atoms with E-state index in [1.165, 1.54) is 6.92 Å². The lowest BCUT2D eigenvalue weighted by Gasteiger charge is -2.06. The predicted molar refractivity (Wildman–Crippen MR) is 60.4 cm³/mol. The van der Waals surface area contributed by atoms with Crippen LogP contribution in [0.25, 0.3) is 0 Å². The van der Waals surface area contributed by atoms with Crippen molar-refractivity contribution < 1.29 is 13.8 Å². The molecule has 3 amide bonds. The first-order valence-electron chi connectivity index (χ1n) is 4.55. The molecule has 0 aromatic carbocycles. The number of urea groups is 1. The maximum absolute atomic E-state index is 11.0. The molecule has 0 bridgehead atoms. The van der Waals surface area contributed by atoms with Crippen LogP contribution in [0.1, 0.15) is 13.8 Å². The van der Waals surface area contributed by atoms with Gasteiger partial charge >= 0.3 is 6.03 Å². The molecule has 0 spiro atoms. The Bertz CT molecular complexity index is 258. The van der Waals surface area contributed by atoms with Gasteiger partial charge < -0.3 is 5.32 Å². The van der Waals surface area contributed by atoms with Crippen LogP contribution < -0.4 is 10.6 Å². The fourth-order valence-electron chi connectivity index (χ4n) is 0.678. The van der Waals surface area contributed by atoms with Gasteiger partial charge in [0.25, 0.3) is 0 Å². The van der Waals surface area contributed by atoms with Crippen LogP contribution in [0.5, 0.6) is 0 Å². The Kier molecular flexibility index (Phi) is 7.33. The second-order valence-corrected chi connectivity index (χ2v) is 5.31. The maximum atomic E-state index is 11.0. The summed E-state index contributed by atoms with van der Waals surface area (Å²) >= 11 is 5.44. The van der Waals surface area contributed by atoms with Gasteiger partial charge in [-0.15, -0.1) is 11.6 Å². The molecule has 0 rings (SSSR count). The zero-order valence-corrected chi connectivity index (χ0v) is 10.3. The molecular weight excluding hydrogens is 240 g/mol. The summed E-state index contributed by atoms with van der Waals surface area (Å²) in [5.74, 6) is 0.390. The van der Waals surface area contributed by atoms with Gasteiger partial charge in [0, 0.05) is 28.9 Å². The van der Waals surface area contributed by atoms with E-state index in [0.717, 1.165) is 0 Å². The molecule has 0 aromatic rings. The molecule has 88 valence electrons. The summed E-state index contributed by atoms with van der Waals surface area (Å²) in [6, 6.07) is -0.611. The second-order valence-electron chi connectivity index (χ2n) is 2.79. The van der Waals surface area contributed by atoms with Crippen LogP contribution in [0.4, 0.5) is 4.79 Å². The van der Waals surface area contributed by atoms with Crippen molar-refractivity contribution >= 4 is 34.3 Å². The van der Waals surface area contributed by atoms with Gasteiger partial charge in [-0.05, 0) is 6.92 Å². The predicted octanol–water partition coefficient (Wildman–Crippen LogP) is 0.208. The van der Waals surface area contributed by atoms with Gasteiger partial charge in [0.2, 0.25) is 5.91 Å². The first-order chi connectivity index (χ1) is 6.97. The minimum absolute atomic E-state index is 0.274. The standard InChI is InChI=1S/C8H15ClN2O3S/c1-3-15(14)5-4-10-8(13)11-7(12)6(2)9/h6H,3-5H2,1-2H3,(H2,10,11,12,13). The van der Waals surface area contributed by atoms with E-state index in [4.69, 9.17) is 11.6 Å². The summed E-state index contributed by atoms with van der Waals surface area (Å²) in [6.45, 7) is 3.54. The Morgan fingerprint density at radius 1 is 1.47 bits per heavy atom. The summed E-state index contributed by atoms with van der Waals surface area (Å²) in [7, 11) is -0.918. The summed E-state index contributed by atoms with van der Waals surface area (Å²) < 4.78 is 11.0. The molecule has 2 N–H and O–H groups in total. The molecule has 0 aliphatic rings. The van der Waals surface area contributed by atoms with Crippen LogP contribution in [0.3, 0.4) is 0 Å². The first kappa shape index (κ1) is 14.4. The Hall–Kier alpha value is -0.620. The van der Waals surface area contributed by atoms with Crippen molar-refractivity contribution in [1.82, 2.24) is 10.6 Å². The molecule has 15 heavy (non-hydrogen) atoms. The van der Waals surface area contributed by atoms with Gasteiger partial charge in [0.1, 0.15) is 5.38 Å². The third-order valence-electron chi connectivity index (χ3n) is 1.54. The van der Waals surface area contributed by atoms with Gasteiger partial charge in [0.15, 0.2) is 0 Å². The normalized spacial score (nSPS) is 14.1. The van der Waals surface area contributed by atoms with Crippen molar-refractivity contribution in [2.75, 3.05) is 18.1 Å². The lowest BCUT2D eigenvalue weighted by Crippen LogP contribution is -2.43. The minimum atomic E-state index is -0.918. The van der Waals surface area contributed by atoms with Crippen LogP contribution in [-0.2, 0) is 15.6 Å². The Morgan fingerprint density at radius 3 is 2.53 bits per heavy atom. The number of amides is 3. The average molecular weight is 255 g/mol. The van der Waals surface area contributed by atoms with Gasteiger partial charge in [-0.25, -0.2) is 4.79 Å². The first-order valence-corrected chi connectivity index (χ1v) is 6.47. The Labute approximate surface area is 96.4 Å². The van der Waals surface area contributed by atoms with E-state index >= 15 is 0 Å². The summed E-state index contributed by atoms with van der Waals surface area (Å²) in [6.07, 6.45) is 0. The topological polar surface area (TPSA) is 75.3 Å². The molecule has 7 heteroatoms. The van der Waals surface area contributed by atoms with E-state index in [1.807, 2.05) is 0 Å². The quantitative estimate of drug-likeness (QED) is 0.689. The van der Waals surface area contributed by atoms with Crippen LogP contribution >= 0.6 is 11.6 Å². The zero-order chi connectivity index (χ0) is 11.8. The van der Waals surface area contributed by atoms with E-state index in [2.05, 4.69) is 10.6 Å². The fourth-order valence-corrected chi connectivity index (χ4v) is 1.35. The molecule has 0 fully saturated rings. The fraction of sp³-hybridized carbons (Fsp3) is 0.750. The molecule has 2 unspecified atom stereocenters. The van der Waals surface area contributed by atoms with Crippen molar-refractivity contribution in [1.29, 1.82) is 0 Å². The van der Waals surface area contributed by atoms with E-state index in [-0.39, 0.29) is 6.54 Å². The number of carbonyl (C=O) groups is 2. The van der Waals surface area contributed by atoms with Crippen LogP contribution in [0.2, 0.25) is 0 Å². The van der Waals surface area contributed by atoms with Crippen molar-refractivity contribution in [3.8, 4) is 0 Å². The molecule has 0 aliphatic carbocycles. The smallest absolute Gasteiger partial charge is 0.321 e. The minimum Gasteiger partial charge on any atom is -0.337 e. The van der Waals surface area contributed by atoms with Crippen LogP contribution in [0.15, 0.2) is 0 Å². The highest BCUT2D eigenvalue weighted by atomic mass is 35.5.